The molecule has 0 aliphatic heterocycles. The number of rotatable bonds is 7. The Morgan fingerprint density at radius 1 is 1.13 bits per heavy atom. The van der Waals surface area contributed by atoms with Crippen LogP contribution in [0.25, 0.3) is 5.65 Å². The van der Waals surface area contributed by atoms with Crippen molar-refractivity contribution < 1.29 is 18.7 Å². The van der Waals surface area contributed by atoms with Crippen LogP contribution in [0.1, 0.15) is 48.6 Å². The molecule has 0 saturated heterocycles. The largest absolute Gasteiger partial charge is 0.443 e. The Labute approximate surface area is 219 Å². The van der Waals surface area contributed by atoms with Gasteiger partial charge in [0.2, 0.25) is 5.78 Å². The van der Waals surface area contributed by atoms with E-state index in [1.165, 1.54) is 29.0 Å². The van der Waals surface area contributed by atoms with E-state index >= 15 is 0 Å². The molecule has 0 fully saturated rings. The number of Topliss-reactive ketones (excluding diaryl/α,β-unsaturated/α-hetero) is 1. The molecular weight excluding hydrogens is 489 g/mol. The lowest BCUT2D eigenvalue weighted by atomic mass is 10.0. The van der Waals surface area contributed by atoms with Crippen molar-refractivity contribution in [3.05, 3.63) is 89.9 Å². The van der Waals surface area contributed by atoms with Crippen LogP contribution in [0.4, 0.5) is 14.9 Å². The lowest BCUT2D eigenvalue weighted by Gasteiger charge is -2.27. The number of ether oxygens (including phenoxy) is 1. The van der Waals surface area contributed by atoms with Crippen LogP contribution in [-0.2, 0) is 4.74 Å². The number of fused-ring (bicyclic) bond motifs is 1. The number of halogens is 1. The minimum atomic E-state index is -1.11. The smallest absolute Gasteiger partial charge is 0.415 e. The number of aliphatic imine (C=N–C) groups is 1. The van der Waals surface area contributed by atoms with E-state index in [2.05, 4.69) is 20.1 Å². The molecule has 0 bridgehead atoms. The van der Waals surface area contributed by atoms with Gasteiger partial charge in [-0.25, -0.2) is 23.7 Å². The van der Waals surface area contributed by atoms with Crippen molar-refractivity contribution in [3.63, 3.8) is 0 Å². The third-order valence-corrected chi connectivity index (χ3v) is 5.37. The lowest BCUT2D eigenvalue weighted by Crippen LogP contribution is -2.42. The molecule has 0 radical (unpaired) electrons. The summed E-state index contributed by atoms with van der Waals surface area (Å²) in [5.74, 6) is -1.14. The van der Waals surface area contributed by atoms with Gasteiger partial charge in [0.1, 0.15) is 35.3 Å². The van der Waals surface area contributed by atoms with Gasteiger partial charge in [-0.1, -0.05) is 24.3 Å². The molecule has 3 aromatic heterocycles. The Morgan fingerprint density at radius 3 is 2.61 bits per heavy atom. The second-order valence-electron chi connectivity index (χ2n) is 9.59. The SMILES string of the molecule is Cc1cccc(C(=O)C(/N=C(\N)CN(C(=O)OC(C)(C)C)c2ccccc2F)c2ccc3ncnn3c2)n1. The summed E-state index contributed by atoms with van der Waals surface area (Å²) in [5.41, 5.74) is 7.36. The van der Waals surface area contributed by atoms with Crippen LogP contribution in [0.3, 0.4) is 0 Å². The van der Waals surface area contributed by atoms with Crippen LogP contribution in [0, 0.1) is 12.7 Å². The molecule has 4 rings (SSSR count). The number of carbonyl (C=O) groups excluding carboxylic acids is 2. The number of amidine groups is 1. The number of aromatic nitrogens is 4. The van der Waals surface area contributed by atoms with Gasteiger partial charge in [0.25, 0.3) is 0 Å². The Morgan fingerprint density at radius 2 is 1.89 bits per heavy atom. The Bertz CT molecular complexity index is 1510. The Kier molecular flexibility index (Phi) is 7.47. The van der Waals surface area contributed by atoms with Crippen LogP contribution in [0.15, 0.2) is 72.1 Å². The molecule has 0 aliphatic carbocycles. The minimum Gasteiger partial charge on any atom is -0.443 e. The number of aryl methyl sites for hydroxylation is 1. The van der Waals surface area contributed by atoms with Crippen molar-refractivity contribution in [3.8, 4) is 0 Å². The summed E-state index contributed by atoms with van der Waals surface area (Å²) in [6, 6.07) is 13.1. The van der Waals surface area contributed by atoms with Gasteiger partial charge in [0.15, 0.2) is 5.65 Å². The quantitative estimate of drug-likeness (QED) is 0.220. The van der Waals surface area contributed by atoms with Gasteiger partial charge >= 0.3 is 6.09 Å². The highest BCUT2D eigenvalue weighted by Gasteiger charge is 2.28. The number of amides is 1. The molecule has 38 heavy (non-hydrogen) atoms. The predicted octanol–water partition coefficient (Wildman–Crippen LogP) is 4.29. The molecule has 11 heteroatoms. The van der Waals surface area contributed by atoms with E-state index in [0.717, 1.165) is 4.90 Å². The molecule has 4 aromatic rings. The summed E-state index contributed by atoms with van der Waals surface area (Å²) in [6.45, 7) is 6.55. The predicted molar refractivity (Wildman–Crippen MR) is 141 cm³/mol. The van der Waals surface area contributed by atoms with Crippen LogP contribution in [0.2, 0.25) is 0 Å². The number of nitrogens with two attached hydrogens (primary N) is 1. The van der Waals surface area contributed by atoms with Crippen molar-refractivity contribution in [1.82, 2.24) is 19.6 Å². The molecule has 2 N–H and O–H groups in total. The van der Waals surface area contributed by atoms with Gasteiger partial charge in [-0.15, -0.1) is 0 Å². The molecule has 3 heterocycles. The highest BCUT2D eigenvalue weighted by Crippen LogP contribution is 2.25. The monoisotopic (exact) mass is 517 g/mol. The zero-order valence-corrected chi connectivity index (χ0v) is 21.5. The first-order valence-corrected chi connectivity index (χ1v) is 11.9. The fourth-order valence-corrected chi connectivity index (χ4v) is 3.70. The topological polar surface area (TPSA) is 128 Å². The molecule has 0 spiro atoms. The van der Waals surface area contributed by atoms with E-state index in [9.17, 15) is 14.0 Å². The third-order valence-electron chi connectivity index (χ3n) is 5.37. The number of hydrogen-bond donors (Lipinski definition) is 1. The molecule has 10 nitrogen and oxygen atoms in total. The number of pyridine rings is 2. The standard InChI is InChI=1S/C27H28FN7O3/c1-17-8-7-10-20(32-17)25(36)24(18-12-13-23-30-16-31-35(23)14-18)33-22(29)15-34(26(37)38-27(2,3)4)21-11-6-5-9-19(21)28/h5-14,16,24H,15H2,1-4H3,(H2,29,33). The first-order valence-electron chi connectivity index (χ1n) is 11.9. The maximum atomic E-state index is 14.7. The van der Waals surface area contributed by atoms with E-state index in [4.69, 9.17) is 10.5 Å². The molecule has 196 valence electrons. The fraction of sp³-hybridized carbons (Fsp3) is 0.259. The fourth-order valence-electron chi connectivity index (χ4n) is 3.70. The van der Waals surface area contributed by atoms with Crippen molar-refractivity contribution in [2.45, 2.75) is 39.3 Å². The maximum Gasteiger partial charge on any atom is 0.415 e. The first kappa shape index (κ1) is 26.4. The van der Waals surface area contributed by atoms with E-state index in [1.54, 1.807) is 70.3 Å². The second-order valence-corrected chi connectivity index (χ2v) is 9.59. The van der Waals surface area contributed by atoms with Gasteiger partial charge in [0.05, 0.1) is 12.2 Å². The average molecular weight is 518 g/mol. The number of hydrogen-bond acceptors (Lipinski definition) is 7. The maximum absolute atomic E-state index is 14.7. The van der Waals surface area contributed by atoms with Gasteiger partial charge in [0, 0.05) is 17.5 Å². The van der Waals surface area contributed by atoms with E-state index < -0.39 is 29.3 Å². The Hall–Kier alpha value is -4.67. The normalized spacial score (nSPS) is 12.8. The molecule has 1 aromatic carbocycles. The molecule has 0 saturated carbocycles. The van der Waals surface area contributed by atoms with E-state index in [1.807, 2.05) is 0 Å². The van der Waals surface area contributed by atoms with Crippen molar-refractivity contribution in [2.24, 2.45) is 10.7 Å². The molecule has 1 unspecified atom stereocenters. The summed E-state index contributed by atoms with van der Waals surface area (Å²) in [7, 11) is 0. The second kappa shape index (κ2) is 10.8. The van der Waals surface area contributed by atoms with Gasteiger partial charge in [-0.2, -0.15) is 5.10 Å². The van der Waals surface area contributed by atoms with Gasteiger partial charge in [-0.3, -0.25) is 14.7 Å². The summed E-state index contributed by atoms with van der Waals surface area (Å²) in [4.78, 5) is 40.6. The molecule has 0 aliphatic rings. The highest BCUT2D eigenvalue weighted by atomic mass is 19.1. The third kappa shape index (κ3) is 6.17. The molecule has 1 atom stereocenters. The number of carbonyl (C=O) groups is 2. The van der Waals surface area contributed by atoms with Crippen molar-refractivity contribution in [1.29, 1.82) is 0 Å². The lowest BCUT2D eigenvalue weighted by molar-refractivity contribution is 0.0584. The highest BCUT2D eigenvalue weighted by molar-refractivity contribution is 6.02. The van der Waals surface area contributed by atoms with Crippen LogP contribution >= 0.6 is 0 Å². The minimum absolute atomic E-state index is 0.0350. The first-order chi connectivity index (χ1) is 18.0. The zero-order valence-electron chi connectivity index (χ0n) is 21.5. The summed E-state index contributed by atoms with van der Waals surface area (Å²) < 4.78 is 21.7. The number of nitrogens with zero attached hydrogens (tertiary/aromatic N) is 6. The number of anilines is 1. The van der Waals surface area contributed by atoms with Gasteiger partial charge in [-0.05, 0) is 58.0 Å². The molecular formula is C27H28FN7O3. The van der Waals surface area contributed by atoms with E-state index in [-0.39, 0.29) is 23.8 Å². The van der Waals surface area contributed by atoms with Gasteiger partial charge < -0.3 is 10.5 Å². The molecule has 1 amide bonds. The van der Waals surface area contributed by atoms with Crippen LogP contribution < -0.4 is 10.6 Å². The van der Waals surface area contributed by atoms with Crippen LogP contribution in [0.5, 0.6) is 0 Å². The van der Waals surface area contributed by atoms with E-state index in [0.29, 0.717) is 16.9 Å². The number of ketones is 1. The Balaban J connectivity index is 1.74. The number of benzene rings is 1. The summed E-state index contributed by atoms with van der Waals surface area (Å²) in [6.07, 6.45) is 2.20. The zero-order chi connectivity index (χ0) is 27.4. The number of para-hydroxylation sites is 1. The van der Waals surface area contributed by atoms with Crippen molar-refractivity contribution in [2.75, 3.05) is 11.4 Å². The summed E-state index contributed by atoms with van der Waals surface area (Å²) in [5, 5.41) is 4.13. The average Bonchev–Trinajstić information content (AvgIpc) is 3.33. The van der Waals surface area contributed by atoms with Crippen LogP contribution in [-0.4, -0.2) is 49.4 Å². The van der Waals surface area contributed by atoms with Crippen molar-refractivity contribution >= 4 is 29.0 Å². The summed E-state index contributed by atoms with van der Waals surface area (Å²) >= 11 is 0.